The molecule has 7 nitrogen and oxygen atoms in total. The molecule has 0 saturated carbocycles. The van der Waals surface area contributed by atoms with E-state index in [2.05, 4.69) is 10.1 Å². The van der Waals surface area contributed by atoms with Crippen LogP contribution in [0.5, 0.6) is 0 Å². The third kappa shape index (κ3) is 3.23. The molecule has 0 amide bonds. The van der Waals surface area contributed by atoms with Crippen LogP contribution < -0.4 is 11.2 Å². The van der Waals surface area contributed by atoms with Gasteiger partial charge in [0.1, 0.15) is 6.54 Å². The van der Waals surface area contributed by atoms with E-state index in [0.29, 0.717) is 29.2 Å². The lowest BCUT2D eigenvalue weighted by atomic mass is 10.2. The van der Waals surface area contributed by atoms with Gasteiger partial charge in [-0.2, -0.15) is 4.98 Å². The van der Waals surface area contributed by atoms with E-state index in [4.69, 9.17) is 4.52 Å². The molecule has 0 atom stereocenters. The molecule has 3 heterocycles. The molecule has 0 fully saturated rings. The molecule has 0 bridgehead atoms. The molecular weight excluding hydrogens is 364 g/mol. The Morgan fingerprint density at radius 2 is 1.96 bits per heavy atom. The standard InChI is InChI=1S/C19H18N4O3S/c1-2-3-10-22-18(24)13-7-4-5-8-14(13)23(19(22)25)12-16-20-17(21-26-16)15-9-6-11-27-15/h4-9,11H,2-3,10,12H2,1H3. The topological polar surface area (TPSA) is 82.9 Å². The maximum atomic E-state index is 13.0. The zero-order valence-corrected chi connectivity index (χ0v) is 15.6. The summed E-state index contributed by atoms with van der Waals surface area (Å²) in [6, 6.07) is 10.9. The number of hydrogen-bond donors (Lipinski definition) is 0. The lowest BCUT2D eigenvalue weighted by molar-refractivity contribution is 0.369. The summed E-state index contributed by atoms with van der Waals surface area (Å²) >= 11 is 1.52. The quantitative estimate of drug-likeness (QED) is 0.512. The molecule has 3 aromatic heterocycles. The van der Waals surface area contributed by atoms with E-state index in [1.165, 1.54) is 20.5 Å². The fourth-order valence-corrected chi connectivity index (χ4v) is 3.65. The molecule has 4 rings (SSSR count). The average molecular weight is 382 g/mol. The molecule has 4 aromatic rings. The number of thiophene rings is 1. The SMILES string of the molecule is CCCCn1c(=O)c2ccccc2n(Cc2nc(-c3cccs3)no2)c1=O. The van der Waals surface area contributed by atoms with Gasteiger partial charge in [-0.3, -0.25) is 13.9 Å². The van der Waals surface area contributed by atoms with Gasteiger partial charge in [-0.15, -0.1) is 11.3 Å². The van der Waals surface area contributed by atoms with Crippen LogP contribution in [0.4, 0.5) is 0 Å². The highest BCUT2D eigenvalue weighted by molar-refractivity contribution is 7.13. The van der Waals surface area contributed by atoms with E-state index in [1.807, 2.05) is 24.4 Å². The van der Waals surface area contributed by atoms with Crippen LogP contribution >= 0.6 is 11.3 Å². The van der Waals surface area contributed by atoms with Crippen LogP contribution in [0.2, 0.25) is 0 Å². The highest BCUT2D eigenvalue weighted by Crippen LogP contribution is 2.21. The molecule has 1 aromatic carbocycles. The number of unbranched alkanes of at least 4 members (excludes halogenated alkanes) is 1. The van der Waals surface area contributed by atoms with Crippen molar-refractivity contribution in [3.8, 4) is 10.7 Å². The Morgan fingerprint density at radius 1 is 1.11 bits per heavy atom. The lowest BCUT2D eigenvalue weighted by Gasteiger charge is -2.12. The van der Waals surface area contributed by atoms with Gasteiger partial charge in [-0.1, -0.05) is 36.7 Å². The van der Waals surface area contributed by atoms with Crippen LogP contribution in [0.25, 0.3) is 21.6 Å². The number of fused-ring (bicyclic) bond motifs is 1. The van der Waals surface area contributed by atoms with Crippen molar-refractivity contribution in [3.05, 3.63) is 68.5 Å². The molecule has 0 aliphatic carbocycles. The molecular formula is C19H18N4O3S. The second-order valence-electron chi connectivity index (χ2n) is 6.19. The van der Waals surface area contributed by atoms with E-state index in [0.717, 1.165) is 17.7 Å². The van der Waals surface area contributed by atoms with E-state index in [9.17, 15) is 9.59 Å². The van der Waals surface area contributed by atoms with E-state index in [1.54, 1.807) is 24.3 Å². The average Bonchev–Trinajstić information content (AvgIpc) is 3.37. The third-order valence-corrected chi connectivity index (χ3v) is 5.24. The summed E-state index contributed by atoms with van der Waals surface area (Å²) in [4.78, 5) is 31.0. The number of hydrogen-bond acceptors (Lipinski definition) is 6. The molecule has 0 aliphatic rings. The Balaban J connectivity index is 1.81. The number of nitrogens with zero attached hydrogens (tertiary/aromatic N) is 4. The first-order valence-corrected chi connectivity index (χ1v) is 9.66. The van der Waals surface area contributed by atoms with Gasteiger partial charge in [-0.25, -0.2) is 4.79 Å². The van der Waals surface area contributed by atoms with Crippen molar-refractivity contribution in [3.63, 3.8) is 0 Å². The van der Waals surface area contributed by atoms with Gasteiger partial charge in [-0.05, 0) is 30.0 Å². The van der Waals surface area contributed by atoms with Crippen molar-refractivity contribution in [1.29, 1.82) is 0 Å². The van der Waals surface area contributed by atoms with Gasteiger partial charge in [0.15, 0.2) is 0 Å². The lowest BCUT2D eigenvalue weighted by Crippen LogP contribution is -2.40. The van der Waals surface area contributed by atoms with Gasteiger partial charge in [0.25, 0.3) is 5.56 Å². The first kappa shape index (κ1) is 17.4. The number of para-hydroxylation sites is 1. The second kappa shape index (κ2) is 7.32. The molecule has 0 unspecified atom stereocenters. The van der Waals surface area contributed by atoms with Crippen molar-refractivity contribution in [2.45, 2.75) is 32.9 Å². The first-order chi connectivity index (χ1) is 13.2. The predicted molar refractivity (Wildman–Crippen MR) is 104 cm³/mol. The fourth-order valence-electron chi connectivity index (χ4n) is 3.00. The van der Waals surface area contributed by atoms with Crippen molar-refractivity contribution in [2.24, 2.45) is 0 Å². The first-order valence-electron chi connectivity index (χ1n) is 8.78. The molecule has 27 heavy (non-hydrogen) atoms. The van der Waals surface area contributed by atoms with Gasteiger partial charge in [0, 0.05) is 6.54 Å². The van der Waals surface area contributed by atoms with Crippen LogP contribution in [0.1, 0.15) is 25.7 Å². The minimum atomic E-state index is -0.358. The predicted octanol–water partition coefficient (Wildman–Crippen LogP) is 3.12. The summed E-state index contributed by atoms with van der Waals surface area (Å²) in [6.07, 6.45) is 1.66. The minimum absolute atomic E-state index is 0.115. The Labute approximate surface area is 158 Å². The van der Waals surface area contributed by atoms with Crippen LogP contribution in [-0.4, -0.2) is 19.3 Å². The summed E-state index contributed by atoms with van der Waals surface area (Å²) in [6.45, 7) is 2.53. The molecule has 0 N–H and O–H groups in total. The van der Waals surface area contributed by atoms with Crippen LogP contribution in [0, 0.1) is 0 Å². The smallest absolute Gasteiger partial charge is 0.331 e. The Kier molecular flexibility index (Phi) is 4.72. The Bertz CT molecular complexity index is 1190. The summed E-state index contributed by atoms with van der Waals surface area (Å²) in [5.74, 6) is 0.822. The molecule has 0 saturated heterocycles. The molecule has 0 radical (unpaired) electrons. The molecule has 8 heteroatoms. The van der Waals surface area contributed by atoms with Crippen molar-refractivity contribution >= 4 is 22.2 Å². The van der Waals surface area contributed by atoms with Gasteiger partial charge >= 0.3 is 5.69 Å². The monoisotopic (exact) mass is 382 g/mol. The van der Waals surface area contributed by atoms with Gasteiger partial charge < -0.3 is 4.52 Å². The van der Waals surface area contributed by atoms with Crippen molar-refractivity contribution in [1.82, 2.24) is 19.3 Å². The maximum absolute atomic E-state index is 13.0. The van der Waals surface area contributed by atoms with E-state index < -0.39 is 0 Å². The fraction of sp³-hybridized carbons (Fsp3) is 0.263. The highest BCUT2D eigenvalue weighted by atomic mass is 32.1. The van der Waals surface area contributed by atoms with Crippen LogP contribution in [0.15, 0.2) is 55.9 Å². The highest BCUT2D eigenvalue weighted by Gasteiger charge is 2.16. The van der Waals surface area contributed by atoms with Crippen molar-refractivity contribution in [2.75, 3.05) is 0 Å². The third-order valence-electron chi connectivity index (χ3n) is 4.37. The van der Waals surface area contributed by atoms with Crippen LogP contribution in [0.3, 0.4) is 0 Å². The van der Waals surface area contributed by atoms with Gasteiger partial charge in [0.2, 0.25) is 11.7 Å². The van der Waals surface area contributed by atoms with Crippen molar-refractivity contribution < 1.29 is 4.52 Å². The number of benzene rings is 1. The zero-order valence-electron chi connectivity index (χ0n) is 14.8. The molecule has 0 spiro atoms. The number of aromatic nitrogens is 4. The summed E-state index contributed by atoms with van der Waals surface area (Å²) in [7, 11) is 0. The summed E-state index contributed by atoms with van der Waals surface area (Å²) < 4.78 is 8.17. The molecule has 0 aliphatic heterocycles. The van der Waals surface area contributed by atoms with E-state index in [-0.39, 0.29) is 17.8 Å². The maximum Gasteiger partial charge on any atom is 0.331 e. The number of rotatable bonds is 6. The normalized spacial score (nSPS) is 11.3. The summed E-state index contributed by atoms with van der Waals surface area (Å²) in [5, 5.41) is 6.44. The minimum Gasteiger partial charge on any atom is -0.337 e. The molecule has 138 valence electrons. The van der Waals surface area contributed by atoms with Crippen LogP contribution in [-0.2, 0) is 13.1 Å². The Morgan fingerprint density at radius 3 is 2.74 bits per heavy atom. The summed E-state index contributed by atoms with van der Waals surface area (Å²) in [5.41, 5.74) is -0.0516. The van der Waals surface area contributed by atoms with E-state index >= 15 is 0 Å². The zero-order chi connectivity index (χ0) is 18.8. The largest absolute Gasteiger partial charge is 0.337 e. The second-order valence-corrected chi connectivity index (χ2v) is 7.13. The van der Waals surface area contributed by atoms with Gasteiger partial charge in [0.05, 0.1) is 15.8 Å². The Hall–Kier alpha value is -3.00.